The maximum Gasteiger partial charge on any atom is 0.407 e. The zero-order valence-corrected chi connectivity index (χ0v) is 25.6. The Bertz CT molecular complexity index is 1340. The largest absolute Gasteiger partial charge is 0.467 e. The van der Waals surface area contributed by atoms with Crippen LogP contribution in [0.3, 0.4) is 0 Å². The standard InChI is InChI=1S/C31H35NO11S/c1-17(33)40-27-26(43-30(42-19(3)35)28(27)41-18(2)34)16-44-14-13-25(29(36)38-4)32-31(37)39-15-24-22-11-7-5-9-20(22)21-10-6-8-12-23(21)24/h5-12,24-28,30H,13-16H2,1-4H3,(H,32,37)/t25?,26?,27-,28-,30-/m1/s1. The van der Waals surface area contributed by atoms with E-state index in [-0.39, 0.29) is 24.7 Å². The van der Waals surface area contributed by atoms with Crippen molar-refractivity contribution in [2.45, 2.75) is 63.8 Å². The maximum atomic E-state index is 12.8. The van der Waals surface area contributed by atoms with Crippen LogP contribution in [0, 0.1) is 0 Å². The predicted molar refractivity (Wildman–Crippen MR) is 157 cm³/mol. The van der Waals surface area contributed by atoms with Crippen LogP contribution in [-0.4, -0.2) is 85.8 Å². The van der Waals surface area contributed by atoms with Gasteiger partial charge in [0.1, 0.15) is 18.8 Å². The highest BCUT2D eigenvalue weighted by Crippen LogP contribution is 2.44. The van der Waals surface area contributed by atoms with Crippen molar-refractivity contribution in [1.29, 1.82) is 0 Å². The summed E-state index contributed by atoms with van der Waals surface area (Å²) in [6, 6.07) is 14.9. The van der Waals surface area contributed by atoms with Gasteiger partial charge in [0.25, 0.3) is 0 Å². The monoisotopic (exact) mass is 629 g/mol. The molecule has 1 aliphatic heterocycles. The molecule has 2 aromatic carbocycles. The van der Waals surface area contributed by atoms with E-state index in [1.807, 2.05) is 48.5 Å². The third-order valence-electron chi connectivity index (χ3n) is 7.11. The van der Waals surface area contributed by atoms with Gasteiger partial charge in [-0.05, 0) is 34.4 Å². The summed E-state index contributed by atoms with van der Waals surface area (Å²) in [6.45, 7) is 3.64. The first-order chi connectivity index (χ1) is 21.1. The quantitative estimate of drug-likeness (QED) is 0.208. The number of fused-ring (bicyclic) bond motifs is 3. The van der Waals surface area contributed by atoms with Gasteiger partial charge < -0.3 is 33.7 Å². The molecule has 0 bridgehead atoms. The first-order valence-corrected chi connectivity index (χ1v) is 15.2. The molecular formula is C31H35NO11S. The molecule has 44 heavy (non-hydrogen) atoms. The molecule has 0 saturated carbocycles. The molecular weight excluding hydrogens is 594 g/mol. The summed E-state index contributed by atoms with van der Waals surface area (Å²) in [5.41, 5.74) is 4.33. The second-order valence-corrected chi connectivity index (χ2v) is 11.4. The molecule has 1 saturated heterocycles. The number of methoxy groups -OCH3 is 1. The molecule has 0 spiro atoms. The van der Waals surface area contributed by atoms with E-state index in [0.29, 0.717) is 5.75 Å². The molecule has 0 radical (unpaired) electrons. The molecule has 2 unspecified atom stereocenters. The fourth-order valence-corrected chi connectivity index (χ4v) is 6.38. The Morgan fingerprint density at radius 3 is 1.98 bits per heavy atom. The molecule has 0 aromatic heterocycles. The van der Waals surface area contributed by atoms with Crippen molar-refractivity contribution in [2.24, 2.45) is 0 Å². The molecule has 12 nitrogen and oxygen atoms in total. The van der Waals surface area contributed by atoms with E-state index in [1.165, 1.54) is 39.6 Å². The highest BCUT2D eigenvalue weighted by molar-refractivity contribution is 7.99. The fourth-order valence-electron chi connectivity index (χ4n) is 5.31. The molecule has 2 aromatic rings. The van der Waals surface area contributed by atoms with Crippen molar-refractivity contribution >= 4 is 41.7 Å². The summed E-state index contributed by atoms with van der Waals surface area (Å²) in [6.07, 6.45) is -4.79. The Labute approximate surface area is 259 Å². The number of esters is 4. The Kier molecular flexibility index (Phi) is 11.2. The van der Waals surface area contributed by atoms with Gasteiger partial charge in [0.2, 0.25) is 12.4 Å². The van der Waals surface area contributed by atoms with Crippen molar-refractivity contribution in [3.63, 3.8) is 0 Å². The van der Waals surface area contributed by atoms with Crippen molar-refractivity contribution in [2.75, 3.05) is 25.2 Å². The lowest BCUT2D eigenvalue weighted by Gasteiger charge is -2.23. The van der Waals surface area contributed by atoms with E-state index in [0.717, 1.165) is 22.3 Å². The van der Waals surface area contributed by atoms with E-state index < -0.39 is 60.6 Å². The minimum absolute atomic E-state index is 0.0893. The van der Waals surface area contributed by atoms with E-state index in [9.17, 15) is 24.0 Å². The number of hydrogen-bond acceptors (Lipinski definition) is 12. The lowest BCUT2D eigenvalue weighted by molar-refractivity contribution is -0.194. The zero-order chi connectivity index (χ0) is 31.8. The minimum atomic E-state index is -1.26. The van der Waals surface area contributed by atoms with Crippen molar-refractivity contribution in [3.05, 3.63) is 59.7 Å². The van der Waals surface area contributed by atoms with Gasteiger partial charge in [-0.15, -0.1) is 0 Å². The van der Waals surface area contributed by atoms with Crippen LogP contribution < -0.4 is 5.32 Å². The minimum Gasteiger partial charge on any atom is -0.467 e. The van der Waals surface area contributed by atoms with Crippen molar-refractivity contribution in [3.8, 4) is 11.1 Å². The van der Waals surface area contributed by atoms with Gasteiger partial charge in [-0.3, -0.25) is 14.4 Å². The zero-order valence-electron chi connectivity index (χ0n) is 24.8. The lowest BCUT2D eigenvalue weighted by Crippen LogP contribution is -2.42. The molecule has 236 valence electrons. The van der Waals surface area contributed by atoms with Crippen LogP contribution >= 0.6 is 11.8 Å². The average molecular weight is 630 g/mol. The summed E-state index contributed by atoms with van der Waals surface area (Å²) in [5.74, 6) is -2.16. The maximum absolute atomic E-state index is 12.8. The molecule has 1 N–H and O–H groups in total. The molecule has 5 atom stereocenters. The normalized spacial score (nSPS) is 20.9. The van der Waals surface area contributed by atoms with E-state index in [4.69, 9.17) is 28.4 Å². The Hall–Kier alpha value is -4.10. The highest BCUT2D eigenvalue weighted by atomic mass is 32.2. The van der Waals surface area contributed by atoms with Gasteiger partial charge in [0.15, 0.2) is 6.10 Å². The van der Waals surface area contributed by atoms with Gasteiger partial charge >= 0.3 is 30.0 Å². The summed E-state index contributed by atoms with van der Waals surface area (Å²) in [7, 11) is 1.22. The molecule has 2 aliphatic rings. The third kappa shape index (κ3) is 8.08. The topological polar surface area (TPSA) is 153 Å². The van der Waals surface area contributed by atoms with Gasteiger partial charge in [-0.2, -0.15) is 11.8 Å². The van der Waals surface area contributed by atoms with E-state index in [1.54, 1.807) is 0 Å². The van der Waals surface area contributed by atoms with Crippen LogP contribution in [0.4, 0.5) is 4.79 Å². The number of carbonyl (C=O) groups excluding carboxylic acids is 5. The smallest absolute Gasteiger partial charge is 0.407 e. The Morgan fingerprint density at radius 1 is 0.841 bits per heavy atom. The summed E-state index contributed by atoms with van der Waals surface area (Å²) in [5, 5.41) is 2.60. The number of nitrogens with one attached hydrogen (secondary N) is 1. The lowest BCUT2D eigenvalue weighted by atomic mass is 9.98. The van der Waals surface area contributed by atoms with Crippen LogP contribution in [0.1, 0.15) is 44.2 Å². The van der Waals surface area contributed by atoms with Crippen LogP contribution in [0.15, 0.2) is 48.5 Å². The second-order valence-electron chi connectivity index (χ2n) is 10.2. The average Bonchev–Trinajstić information content (AvgIpc) is 3.46. The molecule has 1 amide bonds. The van der Waals surface area contributed by atoms with Crippen LogP contribution in [0.5, 0.6) is 0 Å². The van der Waals surface area contributed by atoms with E-state index >= 15 is 0 Å². The van der Waals surface area contributed by atoms with Crippen molar-refractivity contribution in [1.82, 2.24) is 5.32 Å². The van der Waals surface area contributed by atoms with Gasteiger partial charge in [0, 0.05) is 32.4 Å². The highest BCUT2D eigenvalue weighted by Gasteiger charge is 2.50. The second kappa shape index (κ2) is 15.1. The molecule has 4 rings (SSSR count). The number of carbonyl (C=O) groups is 5. The number of rotatable bonds is 12. The Morgan fingerprint density at radius 2 is 1.41 bits per heavy atom. The molecule has 1 aliphatic carbocycles. The fraction of sp³-hybridized carbons (Fsp3) is 0.452. The predicted octanol–water partition coefficient (Wildman–Crippen LogP) is 3.34. The third-order valence-corrected chi connectivity index (χ3v) is 8.20. The van der Waals surface area contributed by atoms with Crippen LogP contribution in [0.25, 0.3) is 11.1 Å². The molecule has 13 heteroatoms. The van der Waals surface area contributed by atoms with Crippen LogP contribution in [-0.2, 0) is 47.6 Å². The number of alkyl carbamates (subject to hydrolysis) is 1. The number of hydrogen-bond donors (Lipinski definition) is 1. The number of thioether (sulfide) groups is 1. The molecule has 1 fully saturated rings. The van der Waals surface area contributed by atoms with Crippen molar-refractivity contribution < 1.29 is 52.4 Å². The van der Waals surface area contributed by atoms with Gasteiger partial charge in [-0.1, -0.05) is 48.5 Å². The van der Waals surface area contributed by atoms with Crippen LogP contribution in [0.2, 0.25) is 0 Å². The number of ether oxygens (including phenoxy) is 6. The van der Waals surface area contributed by atoms with Gasteiger partial charge in [0.05, 0.1) is 7.11 Å². The van der Waals surface area contributed by atoms with E-state index in [2.05, 4.69) is 5.32 Å². The number of amides is 1. The first kappa shape index (κ1) is 32.8. The molecule has 1 heterocycles. The SMILES string of the molecule is COC(=O)C(CCSCC1O[C@@H](OC(C)=O)[C@H](OC(C)=O)[C@@H]1OC(C)=O)NC(=O)OCC1c2ccccc2-c2ccccc21. The Balaban J connectivity index is 1.32. The summed E-state index contributed by atoms with van der Waals surface area (Å²) < 4.78 is 32.0. The summed E-state index contributed by atoms with van der Waals surface area (Å²) >= 11 is 1.33. The van der Waals surface area contributed by atoms with Gasteiger partial charge in [-0.25, -0.2) is 9.59 Å². The first-order valence-electron chi connectivity index (χ1n) is 14.0. The summed E-state index contributed by atoms with van der Waals surface area (Å²) in [4.78, 5) is 60.2. The number of benzene rings is 2.